The molecule has 0 saturated heterocycles. The standard InChI is InChI=1S/C11H15Br2NO/c1-3-14-7-8-5-9(12)6-10(13)11(8)15-4-2/h5-6,14H,3-4,7H2,1-2H3. The highest BCUT2D eigenvalue weighted by molar-refractivity contribution is 9.11. The molecule has 0 radical (unpaired) electrons. The fraction of sp³-hybridized carbons (Fsp3) is 0.455. The summed E-state index contributed by atoms with van der Waals surface area (Å²) in [5.74, 6) is 0.932. The minimum Gasteiger partial charge on any atom is -0.492 e. The summed E-state index contributed by atoms with van der Waals surface area (Å²) >= 11 is 6.98. The van der Waals surface area contributed by atoms with E-state index in [0.717, 1.165) is 27.8 Å². The summed E-state index contributed by atoms with van der Waals surface area (Å²) < 4.78 is 7.67. The van der Waals surface area contributed by atoms with Gasteiger partial charge in [0.25, 0.3) is 0 Å². The van der Waals surface area contributed by atoms with Crippen LogP contribution in [0.4, 0.5) is 0 Å². The van der Waals surface area contributed by atoms with Gasteiger partial charge in [-0.15, -0.1) is 0 Å². The van der Waals surface area contributed by atoms with Crippen LogP contribution >= 0.6 is 31.9 Å². The van der Waals surface area contributed by atoms with E-state index in [1.807, 2.05) is 13.0 Å². The van der Waals surface area contributed by atoms with Crippen molar-refractivity contribution in [2.45, 2.75) is 20.4 Å². The molecule has 0 spiro atoms. The number of rotatable bonds is 5. The first-order valence-electron chi connectivity index (χ1n) is 5.00. The van der Waals surface area contributed by atoms with Crippen molar-refractivity contribution in [3.8, 4) is 5.75 Å². The third kappa shape index (κ3) is 3.78. The zero-order valence-electron chi connectivity index (χ0n) is 8.94. The summed E-state index contributed by atoms with van der Waals surface area (Å²) in [5, 5.41) is 3.30. The summed E-state index contributed by atoms with van der Waals surface area (Å²) in [6, 6.07) is 4.08. The van der Waals surface area contributed by atoms with Crippen LogP contribution in [0.1, 0.15) is 19.4 Å². The molecule has 0 aliphatic carbocycles. The number of benzene rings is 1. The summed E-state index contributed by atoms with van der Waals surface area (Å²) in [4.78, 5) is 0. The molecule has 0 atom stereocenters. The van der Waals surface area contributed by atoms with Crippen LogP contribution in [0.3, 0.4) is 0 Å². The van der Waals surface area contributed by atoms with Crippen molar-refractivity contribution in [3.05, 3.63) is 26.6 Å². The molecular weight excluding hydrogens is 322 g/mol. The number of hydrogen-bond acceptors (Lipinski definition) is 2. The topological polar surface area (TPSA) is 21.3 Å². The van der Waals surface area contributed by atoms with E-state index in [-0.39, 0.29) is 0 Å². The van der Waals surface area contributed by atoms with Gasteiger partial charge >= 0.3 is 0 Å². The third-order valence-corrected chi connectivity index (χ3v) is 2.99. The number of halogens is 2. The van der Waals surface area contributed by atoms with Crippen molar-refractivity contribution in [3.63, 3.8) is 0 Å². The van der Waals surface area contributed by atoms with Crippen LogP contribution in [0, 0.1) is 0 Å². The zero-order valence-corrected chi connectivity index (χ0v) is 12.1. The van der Waals surface area contributed by atoms with Crippen molar-refractivity contribution in [1.29, 1.82) is 0 Å². The average Bonchev–Trinajstić information content (AvgIpc) is 2.19. The van der Waals surface area contributed by atoms with Gasteiger partial charge in [0.15, 0.2) is 0 Å². The molecule has 1 rings (SSSR count). The second kappa shape index (κ2) is 6.51. The molecule has 0 aromatic heterocycles. The van der Waals surface area contributed by atoms with Gasteiger partial charge in [-0.2, -0.15) is 0 Å². The van der Waals surface area contributed by atoms with Gasteiger partial charge < -0.3 is 10.1 Å². The Hall–Kier alpha value is -0.0600. The van der Waals surface area contributed by atoms with Gasteiger partial charge in [-0.25, -0.2) is 0 Å². The third-order valence-electron chi connectivity index (χ3n) is 1.94. The first-order chi connectivity index (χ1) is 7.19. The van der Waals surface area contributed by atoms with E-state index in [1.54, 1.807) is 0 Å². The molecule has 15 heavy (non-hydrogen) atoms. The van der Waals surface area contributed by atoms with E-state index in [4.69, 9.17) is 4.74 Å². The smallest absolute Gasteiger partial charge is 0.138 e. The van der Waals surface area contributed by atoms with E-state index >= 15 is 0 Å². The van der Waals surface area contributed by atoms with E-state index in [9.17, 15) is 0 Å². The Morgan fingerprint density at radius 3 is 2.60 bits per heavy atom. The fourth-order valence-electron chi connectivity index (χ4n) is 1.31. The lowest BCUT2D eigenvalue weighted by Gasteiger charge is -2.13. The van der Waals surface area contributed by atoms with Gasteiger partial charge in [0.1, 0.15) is 5.75 Å². The minimum absolute atomic E-state index is 0.680. The summed E-state index contributed by atoms with van der Waals surface area (Å²) in [7, 11) is 0. The molecule has 4 heteroatoms. The molecular formula is C11H15Br2NO. The van der Waals surface area contributed by atoms with E-state index < -0.39 is 0 Å². The zero-order chi connectivity index (χ0) is 11.3. The summed E-state index contributed by atoms with van der Waals surface area (Å²) in [5.41, 5.74) is 1.17. The normalized spacial score (nSPS) is 10.4. The largest absolute Gasteiger partial charge is 0.492 e. The quantitative estimate of drug-likeness (QED) is 0.884. The SMILES string of the molecule is CCNCc1cc(Br)cc(Br)c1OCC. The van der Waals surface area contributed by atoms with Crippen molar-refractivity contribution < 1.29 is 4.74 Å². The van der Waals surface area contributed by atoms with Crippen LogP contribution in [0.2, 0.25) is 0 Å². The summed E-state index contributed by atoms with van der Waals surface area (Å²) in [6.45, 7) is 6.54. The molecule has 0 unspecified atom stereocenters. The molecule has 0 fully saturated rings. The second-order valence-corrected chi connectivity index (χ2v) is 4.86. The van der Waals surface area contributed by atoms with E-state index in [2.05, 4.69) is 50.2 Å². The molecule has 0 aliphatic rings. The molecule has 0 bridgehead atoms. The predicted molar refractivity (Wildman–Crippen MR) is 70.4 cm³/mol. The van der Waals surface area contributed by atoms with Gasteiger partial charge in [-0.3, -0.25) is 0 Å². The van der Waals surface area contributed by atoms with Crippen molar-refractivity contribution in [1.82, 2.24) is 5.32 Å². The van der Waals surface area contributed by atoms with Crippen LogP contribution in [0.5, 0.6) is 5.75 Å². The van der Waals surface area contributed by atoms with Gasteiger partial charge in [-0.1, -0.05) is 22.9 Å². The Morgan fingerprint density at radius 2 is 2.00 bits per heavy atom. The lowest BCUT2D eigenvalue weighted by Crippen LogP contribution is -2.13. The predicted octanol–water partition coefficient (Wildman–Crippen LogP) is 3.72. The maximum absolute atomic E-state index is 5.61. The molecule has 0 amide bonds. The highest BCUT2D eigenvalue weighted by atomic mass is 79.9. The lowest BCUT2D eigenvalue weighted by molar-refractivity contribution is 0.333. The molecule has 84 valence electrons. The first kappa shape index (κ1) is 13.0. The maximum Gasteiger partial charge on any atom is 0.138 e. The Labute approximate surface area is 108 Å². The molecule has 1 N–H and O–H groups in total. The van der Waals surface area contributed by atoms with Gasteiger partial charge in [0.2, 0.25) is 0 Å². The highest BCUT2D eigenvalue weighted by Crippen LogP contribution is 2.32. The van der Waals surface area contributed by atoms with Gasteiger partial charge in [0, 0.05) is 16.6 Å². The monoisotopic (exact) mass is 335 g/mol. The Balaban J connectivity index is 2.97. The van der Waals surface area contributed by atoms with Gasteiger partial charge in [0.05, 0.1) is 11.1 Å². The summed E-state index contributed by atoms with van der Waals surface area (Å²) in [6.07, 6.45) is 0. The first-order valence-corrected chi connectivity index (χ1v) is 6.59. The van der Waals surface area contributed by atoms with Gasteiger partial charge in [-0.05, 0) is 41.5 Å². The molecule has 0 heterocycles. The molecule has 0 aliphatic heterocycles. The van der Waals surface area contributed by atoms with Crippen LogP contribution in [-0.4, -0.2) is 13.2 Å². The molecule has 1 aromatic carbocycles. The van der Waals surface area contributed by atoms with Crippen molar-refractivity contribution in [2.24, 2.45) is 0 Å². The Bertz CT molecular complexity index is 329. The lowest BCUT2D eigenvalue weighted by atomic mass is 10.2. The number of hydrogen-bond donors (Lipinski definition) is 1. The maximum atomic E-state index is 5.61. The van der Waals surface area contributed by atoms with E-state index in [0.29, 0.717) is 6.61 Å². The van der Waals surface area contributed by atoms with E-state index in [1.165, 1.54) is 5.56 Å². The van der Waals surface area contributed by atoms with Crippen LogP contribution in [0.15, 0.2) is 21.1 Å². The van der Waals surface area contributed by atoms with Crippen LogP contribution in [0.25, 0.3) is 0 Å². The number of ether oxygens (including phenoxy) is 1. The average molecular weight is 337 g/mol. The fourth-order valence-corrected chi connectivity index (χ4v) is 2.74. The van der Waals surface area contributed by atoms with Crippen LogP contribution < -0.4 is 10.1 Å². The Morgan fingerprint density at radius 1 is 1.27 bits per heavy atom. The molecule has 1 aromatic rings. The second-order valence-electron chi connectivity index (χ2n) is 3.09. The van der Waals surface area contributed by atoms with Crippen molar-refractivity contribution >= 4 is 31.9 Å². The Kier molecular flexibility index (Phi) is 5.64. The highest BCUT2D eigenvalue weighted by Gasteiger charge is 2.09. The molecule has 2 nitrogen and oxygen atoms in total. The molecule has 0 saturated carbocycles. The number of nitrogens with one attached hydrogen (secondary N) is 1. The minimum atomic E-state index is 0.680. The van der Waals surface area contributed by atoms with Crippen molar-refractivity contribution in [2.75, 3.05) is 13.2 Å². The van der Waals surface area contributed by atoms with Crippen LogP contribution in [-0.2, 0) is 6.54 Å².